The predicted molar refractivity (Wildman–Crippen MR) is 118 cm³/mol. The number of fused-ring (bicyclic) bond motifs is 1. The number of pyridine rings is 1. The number of hydrogen-bond acceptors (Lipinski definition) is 3. The number of rotatable bonds is 4. The number of aromatic hydroxyl groups is 1. The van der Waals surface area contributed by atoms with Gasteiger partial charge >= 0.3 is 0 Å². The van der Waals surface area contributed by atoms with Crippen molar-refractivity contribution in [3.8, 4) is 16.9 Å². The fraction of sp³-hybridized carbons (Fsp3) is 0.0400. The number of allylic oxidation sites excluding steroid dienone is 1. The monoisotopic (exact) mass is 399 g/mol. The number of aryl methyl sites for hydroxylation is 1. The zero-order valence-corrected chi connectivity index (χ0v) is 16.5. The molecule has 0 aliphatic heterocycles. The van der Waals surface area contributed by atoms with Crippen molar-refractivity contribution in [3.63, 3.8) is 0 Å². The van der Waals surface area contributed by atoms with Crippen LogP contribution < -0.4 is 0 Å². The number of halogens is 1. The van der Waals surface area contributed by atoms with E-state index in [4.69, 9.17) is 11.6 Å². The molecule has 0 bridgehead atoms. The average molecular weight is 400 g/mol. The van der Waals surface area contributed by atoms with Crippen LogP contribution in [0.1, 0.15) is 21.6 Å². The molecular formula is C25H18ClNO2. The third kappa shape index (κ3) is 3.78. The minimum Gasteiger partial charge on any atom is -0.507 e. The van der Waals surface area contributed by atoms with Gasteiger partial charge in [0, 0.05) is 27.2 Å². The van der Waals surface area contributed by atoms with Gasteiger partial charge in [-0.1, -0.05) is 60.1 Å². The van der Waals surface area contributed by atoms with E-state index in [1.165, 1.54) is 6.08 Å². The van der Waals surface area contributed by atoms with Gasteiger partial charge in [0.25, 0.3) is 0 Å². The molecule has 4 heteroatoms. The molecule has 3 nitrogen and oxygen atoms in total. The molecule has 3 aromatic carbocycles. The maximum absolute atomic E-state index is 13.2. The van der Waals surface area contributed by atoms with E-state index in [-0.39, 0.29) is 11.5 Å². The maximum atomic E-state index is 13.2. The third-order valence-corrected chi connectivity index (χ3v) is 5.02. The third-order valence-electron chi connectivity index (χ3n) is 4.79. The molecule has 0 saturated heterocycles. The fourth-order valence-corrected chi connectivity index (χ4v) is 3.61. The van der Waals surface area contributed by atoms with Gasteiger partial charge in [-0.15, -0.1) is 0 Å². The van der Waals surface area contributed by atoms with Gasteiger partial charge in [0.05, 0.1) is 11.1 Å². The first kappa shape index (κ1) is 18.9. The topological polar surface area (TPSA) is 50.2 Å². The SMILES string of the molecule is Cc1nc2ccc(Cl)cc2c(-c2ccccc2)c1C(=O)/C=C/c1ccccc1O. The zero-order valence-electron chi connectivity index (χ0n) is 15.8. The summed E-state index contributed by atoms with van der Waals surface area (Å²) in [4.78, 5) is 17.9. The van der Waals surface area contributed by atoms with Crippen LogP contribution >= 0.6 is 11.6 Å². The molecule has 0 radical (unpaired) electrons. The molecule has 0 fully saturated rings. The lowest BCUT2D eigenvalue weighted by atomic mass is 9.92. The molecule has 0 saturated carbocycles. The number of para-hydroxylation sites is 1. The highest BCUT2D eigenvalue weighted by molar-refractivity contribution is 6.31. The highest BCUT2D eigenvalue weighted by Crippen LogP contribution is 2.35. The molecule has 1 aromatic heterocycles. The van der Waals surface area contributed by atoms with Crippen LogP contribution in [-0.2, 0) is 0 Å². The number of benzene rings is 3. The van der Waals surface area contributed by atoms with E-state index in [1.807, 2.05) is 55.5 Å². The highest BCUT2D eigenvalue weighted by atomic mass is 35.5. The van der Waals surface area contributed by atoms with E-state index in [9.17, 15) is 9.90 Å². The lowest BCUT2D eigenvalue weighted by molar-refractivity contribution is 0.104. The van der Waals surface area contributed by atoms with E-state index in [1.54, 1.807) is 30.3 Å². The van der Waals surface area contributed by atoms with E-state index in [0.717, 1.165) is 22.0 Å². The summed E-state index contributed by atoms with van der Waals surface area (Å²) >= 11 is 6.25. The summed E-state index contributed by atoms with van der Waals surface area (Å²) in [5.41, 5.74) is 4.26. The van der Waals surface area contributed by atoms with Gasteiger partial charge in [0.1, 0.15) is 5.75 Å². The van der Waals surface area contributed by atoms with Crippen LogP contribution in [0.2, 0.25) is 5.02 Å². The number of carbonyl (C=O) groups excluding carboxylic acids is 1. The second-order valence-electron chi connectivity index (χ2n) is 6.73. The standard InChI is InChI=1S/C25H18ClNO2/c1-16-24(23(29)14-11-17-7-5-6-10-22(17)28)25(18-8-3-2-4-9-18)20-15-19(26)12-13-21(20)27-16/h2-15,28H,1H3/b14-11+. The fourth-order valence-electron chi connectivity index (χ4n) is 3.44. The second-order valence-corrected chi connectivity index (χ2v) is 7.17. The number of aromatic nitrogens is 1. The lowest BCUT2D eigenvalue weighted by Crippen LogP contribution is -2.05. The Bertz CT molecular complexity index is 1250. The van der Waals surface area contributed by atoms with Crippen LogP contribution in [0.15, 0.2) is 78.9 Å². The van der Waals surface area contributed by atoms with Crippen molar-refractivity contribution in [2.24, 2.45) is 0 Å². The first-order valence-corrected chi connectivity index (χ1v) is 9.58. The van der Waals surface area contributed by atoms with Crippen LogP contribution in [0.4, 0.5) is 0 Å². The Morgan fingerprint density at radius 2 is 1.72 bits per heavy atom. The molecule has 0 aliphatic rings. The van der Waals surface area contributed by atoms with Gasteiger partial charge in [0.2, 0.25) is 0 Å². The molecule has 0 amide bonds. The van der Waals surface area contributed by atoms with Gasteiger partial charge < -0.3 is 5.11 Å². The summed E-state index contributed by atoms with van der Waals surface area (Å²) in [5.74, 6) is -0.0565. The Kier molecular flexibility index (Phi) is 5.15. The molecule has 0 aliphatic carbocycles. The van der Waals surface area contributed by atoms with Crippen LogP contribution in [0.25, 0.3) is 28.1 Å². The molecule has 4 rings (SSSR count). The van der Waals surface area contributed by atoms with E-state index < -0.39 is 0 Å². The first-order valence-electron chi connectivity index (χ1n) is 9.20. The highest BCUT2D eigenvalue weighted by Gasteiger charge is 2.19. The number of ketones is 1. The summed E-state index contributed by atoms with van der Waals surface area (Å²) in [7, 11) is 0. The number of carbonyl (C=O) groups is 1. The Hall–Kier alpha value is -3.43. The smallest absolute Gasteiger partial charge is 0.188 e. The van der Waals surface area contributed by atoms with Crippen LogP contribution in [0.5, 0.6) is 5.75 Å². The first-order chi connectivity index (χ1) is 14.0. The Morgan fingerprint density at radius 3 is 2.48 bits per heavy atom. The molecular weight excluding hydrogens is 382 g/mol. The van der Waals surface area contributed by atoms with Crippen molar-refractivity contribution in [3.05, 3.63) is 101 Å². The van der Waals surface area contributed by atoms with Gasteiger partial charge in [-0.3, -0.25) is 9.78 Å². The van der Waals surface area contributed by atoms with E-state index >= 15 is 0 Å². The van der Waals surface area contributed by atoms with Gasteiger partial charge in [-0.2, -0.15) is 0 Å². The maximum Gasteiger partial charge on any atom is 0.188 e. The molecule has 29 heavy (non-hydrogen) atoms. The zero-order chi connectivity index (χ0) is 20.4. The molecule has 4 aromatic rings. The van der Waals surface area contributed by atoms with Crippen molar-refractivity contribution in [1.29, 1.82) is 0 Å². The summed E-state index contributed by atoms with van der Waals surface area (Å²) in [6.45, 7) is 1.83. The van der Waals surface area contributed by atoms with Crippen molar-refractivity contribution in [2.75, 3.05) is 0 Å². The number of hydrogen-bond donors (Lipinski definition) is 1. The summed E-state index contributed by atoms with van der Waals surface area (Å²) in [6.07, 6.45) is 3.09. The Balaban J connectivity index is 1.93. The Morgan fingerprint density at radius 1 is 1.00 bits per heavy atom. The molecule has 0 spiro atoms. The number of nitrogens with zero attached hydrogens (tertiary/aromatic N) is 1. The largest absolute Gasteiger partial charge is 0.507 e. The summed E-state index contributed by atoms with van der Waals surface area (Å²) < 4.78 is 0. The summed E-state index contributed by atoms with van der Waals surface area (Å²) in [5, 5.41) is 11.4. The molecule has 142 valence electrons. The van der Waals surface area contributed by atoms with Gasteiger partial charge in [-0.05, 0) is 48.9 Å². The van der Waals surface area contributed by atoms with E-state index in [0.29, 0.717) is 21.8 Å². The van der Waals surface area contributed by atoms with Gasteiger partial charge in [0.15, 0.2) is 5.78 Å². The minimum absolute atomic E-state index is 0.125. The van der Waals surface area contributed by atoms with Crippen molar-refractivity contribution in [2.45, 2.75) is 6.92 Å². The van der Waals surface area contributed by atoms with Crippen LogP contribution in [0.3, 0.4) is 0 Å². The average Bonchev–Trinajstić information content (AvgIpc) is 2.73. The molecule has 1 heterocycles. The number of phenolic OH excluding ortho intramolecular Hbond substituents is 1. The molecule has 0 unspecified atom stereocenters. The van der Waals surface area contributed by atoms with Gasteiger partial charge in [-0.25, -0.2) is 0 Å². The van der Waals surface area contributed by atoms with Crippen molar-refractivity contribution in [1.82, 2.24) is 4.98 Å². The minimum atomic E-state index is -0.181. The van der Waals surface area contributed by atoms with E-state index in [2.05, 4.69) is 4.98 Å². The quantitative estimate of drug-likeness (QED) is 0.316. The molecule has 0 atom stereocenters. The normalized spacial score (nSPS) is 11.2. The lowest BCUT2D eigenvalue weighted by Gasteiger charge is -2.14. The van der Waals surface area contributed by atoms with Crippen LogP contribution in [0, 0.1) is 6.92 Å². The van der Waals surface area contributed by atoms with Crippen molar-refractivity contribution >= 4 is 34.4 Å². The Labute approximate surface area is 173 Å². The summed E-state index contributed by atoms with van der Waals surface area (Å²) in [6, 6.07) is 22.1. The number of phenols is 1. The predicted octanol–water partition coefficient (Wildman–Crippen LogP) is 6.47. The molecule has 1 N–H and O–H groups in total. The van der Waals surface area contributed by atoms with Crippen molar-refractivity contribution < 1.29 is 9.90 Å². The second kappa shape index (κ2) is 7.90. The van der Waals surface area contributed by atoms with Crippen LogP contribution in [-0.4, -0.2) is 15.9 Å².